The van der Waals surface area contributed by atoms with Crippen molar-refractivity contribution < 1.29 is 9.59 Å². The summed E-state index contributed by atoms with van der Waals surface area (Å²) in [7, 11) is 0. The molecule has 446 valence electrons. The molecular weight excluding hydrogens is 989 g/mol. The van der Waals surface area contributed by atoms with Crippen molar-refractivity contribution in [2.45, 2.75) is 349 Å². The number of fused-ring (bicyclic) bond motifs is 1. The Hall–Kier alpha value is -2.18. The minimum Gasteiger partial charge on any atom is -0.306 e. The van der Waals surface area contributed by atoms with Crippen LogP contribution in [-0.2, 0) is 9.59 Å². The van der Waals surface area contributed by atoms with E-state index in [1.165, 1.54) is 321 Å². The Morgan fingerprint density at radius 2 is 0.513 bits per heavy atom. The first-order chi connectivity index (χ1) is 38.5. The van der Waals surface area contributed by atoms with E-state index in [1.54, 1.807) is 22.7 Å². The Morgan fingerprint density at radius 3 is 0.705 bits per heavy atom. The maximum atomic E-state index is 15.4. The zero-order chi connectivity index (χ0) is 55.4. The lowest BCUT2D eigenvalue weighted by Crippen LogP contribution is -2.34. The lowest BCUT2D eigenvalue weighted by Gasteiger charge is -2.29. The lowest BCUT2D eigenvalue weighted by atomic mass is 9.93. The van der Waals surface area contributed by atoms with Gasteiger partial charge >= 0.3 is 0 Å². The first-order valence-electron chi connectivity index (χ1n) is 34.8. The van der Waals surface area contributed by atoms with E-state index in [4.69, 9.17) is 0 Å². The van der Waals surface area contributed by atoms with Crippen LogP contribution in [0.5, 0.6) is 0 Å². The number of thiophene rings is 2. The largest absolute Gasteiger partial charge is 0.306 e. The predicted molar refractivity (Wildman–Crippen MR) is 346 cm³/mol. The molecule has 2 aromatic heterocycles. The number of hydrogen-bond donors (Lipinski definition) is 0. The van der Waals surface area contributed by atoms with Crippen molar-refractivity contribution in [3.05, 3.63) is 55.9 Å². The van der Waals surface area contributed by atoms with Gasteiger partial charge in [0.05, 0.1) is 32.3 Å². The summed E-state index contributed by atoms with van der Waals surface area (Å²) in [6.45, 7) is 10.7. The molecule has 2 aliphatic heterocycles. The molecule has 0 spiro atoms. The van der Waals surface area contributed by atoms with Crippen LogP contribution < -0.4 is 0 Å². The van der Waals surface area contributed by atoms with Gasteiger partial charge < -0.3 is 9.80 Å². The first-order valence-corrected chi connectivity index (χ1v) is 36.5. The predicted octanol–water partition coefficient (Wildman–Crippen LogP) is 24.4. The molecule has 4 heterocycles. The molecule has 0 saturated heterocycles. The van der Waals surface area contributed by atoms with E-state index in [0.29, 0.717) is 23.0 Å². The summed E-state index contributed by atoms with van der Waals surface area (Å²) in [6.07, 6.45) is 67.3. The minimum atomic E-state index is 0.0760. The van der Waals surface area contributed by atoms with Crippen molar-refractivity contribution in [1.82, 2.24) is 9.80 Å². The summed E-state index contributed by atoms with van der Waals surface area (Å²) in [5, 5.41) is 4.27. The zero-order valence-electron chi connectivity index (χ0n) is 51.9. The average molecular weight is 1110 g/mol. The molecule has 0 N–H and O–H groups in total. The third-order valence-corrected chi connectivity index (χ3v) is 19.7. The molecule has 2 aliphatic rings. The molecular formula is C72H124N2O2S2. The van der Waals surface area contributed by atoms with Gasteiger partial charge in [-0.15, -0.1) is 22.7 Å². The van der Waals surface area contributed by atoms with Crippen LogP contribution in [0.3, 0.4) is 0 Å². The maximum Gasteiger partial charge on any atom is 0.261 e. The smallest absolute Gasteiger partial charge is 0.261 e. The molecule has 4 rings (SSSR count). The van der Waals surface area contributed by atoms with Gasteiger partial charge in [0.15, 0.2) is 0 Å². The fraction of sp³-hybridized carbons (Fsp3) is 0.806. The normalized spacial score (nSPS) is 14.6. The molecule has 6 heteroatoms. The quantitative estimate of drug-likeness (QED) is 0.0620. The van der Waals surface area contributed by atoms with Crippen molar-refractivity contribution in [3.8, 4) is 0 Å². The van der Waals surface area contributed by atoms with Gasteiger partial charge in [-0.25, -0.2) is 0 Å². The Bertz CT molecular complexity index is 1660. The van der Waals surface area contributed by atoms with Crippen molar-refractivity contribution in [2.75, 3.05) is 13.1 Å². The maximum absolute atomic E-state index is 15.4. The third kappa shape index (κ3) is 28.2. The standard InChI is InChI=1S/C72H124N2O2S2/c1-5-9-13-17-21-25-27-29-31-33-35-37-41-45-49-55-63(53-47-43-39-23-19-15-11-7-3)61-73-69(65-57-51-59-77-65)67-68(71(73)75)70(66-58-52-60-78-66)74(72(67)76)62-64(54-48-44-40-24-20-16-12-8-4)56-50-46-42-38-36-34-32-30-28-26-22-18-14-10-6-2/h51-52,57-60,63-64H,5-50,53-56,61-62H2,1-4H3. The monoisotopic (exact) mass is 1110 g/mol. The van der Waals surface area contributed by atoms with Crippen LogP contribution in [0.4, 0.5) is 0 Å². The summed E-state index contributed by atoms with van der Waals surface area (Å²) in [5.74, 6) is 1.03. The van der Waals surface area contributed by atoms with E-state index in [0.717, 1.165) is 34.2 Å². The van der Waals surface area contributed by atoms with Crippen molar-refractivity contribution in [3.63, 3.8) is 0 Å². The molecule has 0 bridgehead atoms. The molecule has 0 fully saturated rings. The number of amides is 2. The summed E-state index contributed by atoms with van der Waals surface area (Å²) in [5.41, 5.74) is 3.21. The lowest BCUT2D eigenvalue weighted by molar-refractivity contribution is -0.124. The topological polar surface area (TPSA) is 40.6 Å². The molecule has 0 saturated carbocycles. The van der Waals surface area contributed by atoms with Crippen LogP contribution in [0.15, 0.2) is 46.2 Å². The van der Waals surface area contributed by atoms with E-state index in [1.807, 2.05) is 0 Å². The fourth-order valence-corrected chi connectivity index (χ4v) is 14.6. The number of carbonyl (C=O) groups is 2. The van der Waals surface area contributed by atoms with E-state index in [9.17, 15) is 0 Å². The highest BCUT2D eigenvalue weighted by Gasteiger charge is 2.50. The highest BCUT2D eigenvalue weighted by atomic mass is 32.1. The molecule has 2 atom stereocenters. The fourth-order valence-electron chi connectivity index (χ4n) is 13.0. The van der Waals surface area contributed by atoms with Crippen LogP contribution in [0.25, 0.3) is 11.4 Å². The van der Waals surface area contributed by atoms with Gasteiger partial charge in [-0.05, 0) is 60.4 Å². The van der Waals surface area contributed by atoms with Crippen molar-refractivity contribution in [2.24, 2.45) is 11.8 Å². The van der Waals surface area contributed by atoms with Crippen LogP contribution in [0, 0.1) is 11.8 Å². The van der Waals surface area contributed by atoms with E-state index >= 15 is 9.59 Å². The Kier molecular flexibility index (Phi) is 40.6. The summed E-state index contributed by atoms with van der Waals surface area (Å²) in [6, 6.07) is 8.56. The van der Waals surface area contributed by atoms with Gasteiger partial charge in [-0.3, -0.25) is 9.59 Å². The second-order valence-electron chi connectivity index (χ2n) is 25.0. The molecule has 2 unspecified atom stereocenters. The summed E-state index contributed by atoms with van der Waals surface area (Å²) in [4.78, 5) is 37.3. The van der Waals surface area contributed by atoms with E-state index < -0.39 is 0 Å². The molecule has 0 aromatic carbocycles. The van der Waals surface area contributed by atoms with Crippen molar-refractivity contribution in [1.29, 1.82) is 0 Å². The highest BCUT2D eigenvalue weighted by molar-refractivity contribution is 7.11. The molecule has 0 aliphatic carbocycles. The molecule has 78 heavy (non-hydrogen) atoms. The van der Waals surface area contributed by atoms with Gasteiger partial charge in [0.1, 0.15) is 0 Å². The Balaban J connectivity index is 1.42. The minimum absolute atomic E-state index is 0.0760. The second kappa shape index (κ2) is 46.3. The highest BCUT2D eigenvalue weighted by Crippen LogP contribution is 2.49. The summed E-state index contributed by atoms with van der Waals surface area (Å²) < 4.78 is 0. The van der Waals surface area contributed by atoms with Crippen LogP contribution in [-0.4, -0.2) is 34.7 Å². The SMILES string of the molecule is CCCCCCCCCCCCCCCCCC(CCCCCCCCCC)CN1C(=O)C2=C(c3cccs3)N(CC(CCCCCCCCCC)CCCCCCCCCCCCCCCCC)C(=O)C2=C1c1cccs1. The number of unbranched alkanes of at least 4 members (excludes halogenated alkanes) is 42. The first kappa shape index (κ1) is 68.3. The van der Waals surface area contributed by atoms with Gasteiger partial charge in [-0.1, -0.05) is 335 Å². The van der Waals surface area contributed by atoms with Crippen LogP contribution in [0.2, 0.25) is 0 Å². The van der Waals surface area contributed by atoms with Gasteiger partial charge in [-0.2, -0.15) is 0 Å². The number of hydrogen-bond acceptors (Lipinski definition) is 4. The van der Waals surface area contributed by atoms with Gasteiger partial charge in [0.2, 0.25) is 0 Å². The van der Waals surface area contributed by atoms with Crippen molar-refractivity contribution >= 4 is 45.9 Å². The van der Waals surface area contributed by atoms with E-state index in [2.05, 4.69) is 72.5 Å². The van der Waals surface area contributed by atoms with Crippen LogP contribution >= 0.6 is 22.7 Å². The van der Waals surface area contributed by atoms with Gasteiger partial charge in [0, 0.05) is 13.1 Å². The Labute approximate surface area is 492 Å². The van der Waals surface area contributed by atoms with E-state index in [-0.39, 0.29) is 11.8 Å². The molecule has 0 radical (unpaired) electrons. The van der Waals surface area contributed by atoms with Gasteiger partial charge in [0.25, 0.3) is 11.8 Å². The summed E-state index contributed by atoms with van der Waals surface area (Å²) >= 11 is 3.39. The number of rotatable bonds is 56. The van der Waals surface area contributed by atoms with Crippen LogP contribution in [0.1, 0.15) is 358 Å². The number of nitrogens with zero attached hydrogens (tertiary/aromatic N) is 2. The zero-order valence-corrected chi connectivity index (χ0v) is 53.5. The Morgan fingerprint density at radius 1 is 0.308 bits per heavy atom. The molecule has 2 amide bonds. The third-order valence-electron chi connectivity index (χ3n) is 17.9. The second-order valence-corrected chi connectivity index (χ2v) is 26.9. The average Bonchev–Trinajstić information content (AvgIpc) is 4.47. The molecule has 2 aromatic rings. The number of carbonyl (C=O) groups excluding carboxylic acids is 2. The molecule has 4 nitrogen and oxygen atoms in total.